The van der Waals surface area contributed by atoms with Gasteiger partial charge in [0.2, 0.25) is 5.95 Å². The normalized spacial score (nSPS) is 9.89. The molecular weight excluding hydrogens is 242 g/mol. The zero-order chi connectivity index (χ0) is 13.8. The number of nitrogen functional groups attached to an aromatic ring is 2. The van der Waals surface area contributed by atoms with E-state index in [0.717, 1.165) is 11.3 Å². The van der Waals surface area contributed by atoms with Crippen LogP contribution in [0, 0.1) is 11.3 Å². The first-order valence-corrected chi connectivity index (χ1v) is 5.72. The molecule has 6 nitrogen and oxygen atoms in total. The molecule has 2 aromatic rings. The van der Waals surface area contributed by atoms with Crippen molar-refractivity contribution in [3.8, 4) is 23.1 Å². The third-order valence-corrected chi connectivity index (χ3v) is 2.50. The van der Waals surface area contributed by atoms with Crippen LogP contribution >= 0.6 is 0 Å². The van der Waals surface area contributed by atoms with Gasteiger partial charge in [0, 0.05) is 5.56 Å². The molecule has 0 amide bonds. The lowest BCUT2D eigenvalue weighted by molar-refractivity contribution is 0.340. The van der Waals surface area contributed by atoms with Gasteiger partial charge in [0.05, 0.1) is 12.3 Å². The van der Waals surface area contributed by atoms with Crippen LogP contribution in [0.25, 0.3) is 11.3 Å². The van der Waals surface area contributed by atoms with Crippen LogP contribution in [0.2, 0.25) is 0 Å². The van der Waals surface area contributed by atoms with E-state index in [4.69, 9.17) is 21.5 Å². The molecule has 0 fully saturated rings. The fourth-order valence-electron chi connectivity index (χ4n) is 1.69. The summed E-state index contributed by atoms with van der Waals surface area (Å²) in [6.07, 6.45) is 0. The van der Waals surface area contributed by atoms with Crippen molar-refractivity contribution in [2.75, 3.05) is 18.1 Å². The first-order valence-electron chi connectivity index (χ1n) is 5.72. The molecule has 0 saturated carbocycles. The van der Waals surface area contributed by atoms with E-state index in [9.17, 15) is 0 Å². The first kappa shape index (κ1) is 12.6. The minimum atomic E-state index is 0.0420. The van der Waals surface area contributed by atoms with E-state index >= 15 is 0 Å². The Morgan fingerprint density at radius 1 is 1.21 bits per heavy atom. The molecule has 1 heterocycles. The van der Waals surface area contributed by atoms with Crippen molar-refractivity contribution in [1.29, 1.82) is 5.26 Å². The molecule has 0 bridgehead atoms. The molecule has 19 heavy (non-hydrogen) atoms. The molecule has 0 spiro atoms. The van der Waals surface area contributed by atoms with Crippen LogP contribution < -0.4 is 16.2 Å². The number of hydrogen-bond donors (Lipinski definition) is 2. The average molecular weight is 255 g/mol. The third-order valence-electron chi connectivity index (χ3n) is 2.50. The Kier molecular flexibility index (Phi) is 3.48. The number of nitrogens with two attached hydrogens (primary N) is 2. The van der Waals surface area contributed by atoms with Gasteiger partial charge in [0.25, 0.3) is 0 Å². The highest BCUT2D eigenvalue weighted by atomic mass is 16.5. The smallest absolute Gasteiger partial charge is 0.222 e. The maximum Gasteiger partial charge on any atom is 0.222 e. The summed E-state index contributed by atoms with van der Waals surface area (Å²) in [5.41, 5.74) is 12.6. The molecule has 2 rings (SSSR count). The number of ether oxygens (including phenoxy) is 1. The van der Waals surface area contributed by atoms with Crippen molar-refractivity contribution >= 4 is 11.8 Å². The molecule has 1 aromatic carbocycles. The molecule has 0 atom stereocenters. The molecule has 0 aliphatic rings. The standard InChI is InChI=1S/C13H13N5O/c1-2-19-9-5-3-8(4-6-9)11-10(7-14)12(15)18-13(16)17-11/h3-6H,2H2,1H3,(H4,15,16,17,18). The highest BCUT2D eigenvalue weighted by Crippen LogP contribution is 2.26. The summed E-state index contributed by atoms with van der Waals surface area (Å²) in [6, 6.07) is 9.19. The van der Waals surface area contributed by atoms with Gasteiger partial charge in [-0.3, -0.25) is 0 Å². The van der Waals surface area contributed by atoms with Crippen molar-refractivity contribution < 1.29 is 4.74 Å². The predicted octanol–water partition coefficient (Wildman–Crippen LogP) is 1.58. The summed E-state index contributed by atoms with van der Waals surface area (Å²) in [4.78, 5) is 7.85. The fraction of sp³-hybridized carbons (Fsp3) is 0.154. The van der Waals surface area contributed by atoms with Gasteiger partial charge in [-0.05, 0) is 31.2 Å². The van der Waals surface area contributed by atoms with Crippen molar-refractivity contribution in [3.05, 3.63) is 29.8 Å². The SMILES string of the molecule is CCOc1ccc(-c2nc(N)nc(N)c2C#N)cc1. The maximum atomic E-state index is 9.11. The minimum absolute atomic E-state index is 0.0420. The largest absolute Gasteiger partial charge is 0.494 e. The Balaban J connectivity index is 2.49. The Labute approximate surface area is 110 Å². The lowest BCUT2D eigenvalue weighted by Gasteiger charge is -2.08. The number of rotatable bonds is 3. The Hall–Kier alpha value is -2.81. The fourth-order valence-corrected chi connectivity index (χ4v) is 1.69. The summed E-state index contributed by atoms with van der Waals surface area (Å²) >= 11 is 0. The van der Waals surface area contributed by atoms with Crippen LogP contribution in [0.4, 0.5) is 11.8 Å². The van der Waals surface area contributed by atoms with Gasteiger partial charge in [0.1, 0.15) is 23.2 Å². The van der Waals surface area contributed by atoms with Gasteiger partial charge in [0.15, 0.2) is 0 Å². The van der Waals surface area contributed by atoms with Gasteiger partial charge in [-0.25, -0.2) is 4.98 Å². The van der Waals surface area contributed by atoms with Gasteiger partial charge < -0.3 is 16.2 Å². The van der Waals surface area contributed by atoms with E-state index in [2.05, 4.69) is 9.97 Å². The predicted molar refractivity (Wildman–Crippen MR) is 72.2 cm³/mol. The highest BCUT2D eigenvalue weighted by molar-refractivity contribution is 5.73. The van der Waals surface area contributed by atoms with E-state index in [1.165, 1.54) is 0 Å². The monoisotopic (exact) mass is 255 g/mol. The van der Waals surface area contributed by atoms with Crippen LogP contribution in [-0.4, -0.2) is 16.6 Å². The quantitative estimate of drug-likeness (QED) is 0.861. The molecule has 1 aromatic heterocycles. The van der Waals surface area contributed by atoms with Crippen LogP contribution in [0.5, 0.6) is 5.75 Å². The van der Waals surface area contributed by atoms with Crippen molar-refractivity contribution in [2.45, 2.75) is 6.92 Å². The lowest BCUT2D eigenvalue weighted by Crippen LogP contribution is -2.04. The summed E-state index contributed by atoms with van der Waals surface area (Å²) in [5, 5.41) is 9.11. The molecule has 96 valence electrons. The van der Waals surface area contributed by atoms with Crippen LogP contribution in [0.15, 0.2) is 24.3 Å². The second-order valence-electron chi connectivity index (χ2n) is 3.76. The molecular formula is C13H13N5O. The van der Waals surface area contributed by atoms with E-state index in [-0.39, 0.29) is 17.3 Å². The maximum absolute atomic E-state index is 9.11. The minimum Gasteiger partial charge on any atom is -0.494 e. The second-order valence-corrected chi connectivity index (χ2v) is 3.76. The zero-order valence-corrected chi connectivity index (χ0v) is 10.4. The van der Waals surface area contributed by atoms with E-state index < -0.39 is 0 Å². The highest BCUT2D eigenvalue weighted by Gasteiger charge is 2.12. The van der Waals surface area contributed by atoms with Gasteiger partial charge in [-0.15, -0.1) is 0 Å². The van der Waals surface area contributed by atoms with E-state index in [0.29, 0.717) is 12.3 Å². The van der Waals surface area contributed by atoms with Crippen LogP contribution in [0.3, 0.4) is 0 Å². The second kappa shape index (κ2) is 5.23. The Morgan fingerprint density at radius 3 is 2.47 bits per heavy atom. The Morgan fingerprint density at radius 2 is 1.89 bits per heavy atom. The van der Waals surface area contributed by atoms with Gasteiger partial charge in [-0.1, -0.05) is 0 Å². The van der Waals surface area contributed by atoms with Crippen LogP contribution in [0.1, 0.15) is 12.5 Å². The van der Waals surface area contributed by atoms with Gasteiger partial charge in [-0.2, -0.15) is 10.2 Å². The first-order chi connectivity index (χ1) is 9.15. The van der Waals surface area contributed by atoms with Crippen LogP contribution in [-0.2, 0) is 0 Å². The molecule has 0 aliphatic heterocycles. The molecule has 4 N–H and O–H groups in total. The molecule has 0 aliphatic carbocycles. The van der Waals surface area contributed by atoms with Crippen molar-refractivity contribution in [3.63, 3.8) is 0 Å². The summed E-state index contributed by atoms with van der Waals surface area (Å²) in [7, 11) is 0. The molecule has 0 unspecified atom stereocenters. The summed E-state index contributed by atoms with van der Waals surface area (Å²) in [5.74, 6) is 0.874. The van der Waals surface area contributed by atoms with Gasteiger partial charge >= 0.3 is 0 Å². The molecule has 6 heteroatoms. The van der Waals surface area contributed by atoms with E-state index in [1.54, 1.807) is 24.3 Å². The number of hydrogen-bond acceptors (Lipinski definition) is 6. The number of anilines is 2. The summed E-state index contributed by atoms with van der Waals surface area (Å²) in [6.45, 7) is 2.50. The third kappa shape index (κ3) is 2.55. The number of aromatic nitrogens is 2. The average Bonchev–Trinajstić information content (AvgIpc) is 2.39. The Bertz CT molecular complexity index is 631. The lowest BCUT2D eigenvalue weighted by atomic mass is 10.1. The van der Waals surface area contributed by atoms with E-state index in [1.807, 2.05) is 13.0 Å². The van der Waals surface area contributed by atoms with Crippen molar-refractivity contribution in [2.24, 2.45) is 0 Å². The number of benzene rings is 1. The zero-order valence-electron chi connectivity index (χ0n) is 10.4. The topological polar surface area (TPSA) is 111 Å². The molecule has 0 radical (unpaired) electrons. The number of nitrogens with zero attached hydrogens (tertiary/aromatic N) is 3. The van der Waals surface area contributed by atoms with Crippen molar-refractivity contribution in [1.82, 2.24) is 9.97 Å². The number of nitriles is 1. The summed E-state index contributed by atoms with van der Waals surface area (Å²) < 4.78 is 5.35. The molecule has 0 saturated heterocycles.